The van der Waals surface area contributed by atoms with Crippen LogP contribution in [0.15, 0.2) is 18.2 Å². The molecule has 1 aromatic carbocycles. The van der Waals surface area contributed by atoms with Crippen molar-refractivity contribution >= 4 is 11.6 Å². The average Bonchev–Trinajstić information content (AvgIpc) is 2.85. The van der Waals surface area contributed by atoms with Gasteiger partial charge in [-0.05, 0) is 62.8 Å². The van der Waals surface area contributed by atoms with E-state index in [9.17, 15) is 4.79 Å². The molecule has 1 amide bonds. The van der Waals surface area contributed by atoms with Gasteiger partial charge in [0.05, 0.1) is 6.04 Å². The molecular weight excluding hydrogens is 236 g/mol. The van der Waals surface area contributed by atoms with Crippen LogP contribution in [0.3, 0.4) is 0 Å². The number of amides is 1. The van der Waals surface area contributed by atoms with Gasteiger partial charge in [0.25, 0.3) is 0 Å². The summed E-state index contributed by atoms with van der Waals surface area (Å²) in [6.07, 6.45) is 5.48. The number of nitrogens with one attached hydrogen (secondary N) is 1. The van der Waals surface area contributed by atoms with E-state index in [1.165, 1.54) is 17.5 Å². The molecule has 3 heteroatoms. The number of hydrogen-bond acceptors (Lipinski definition) is 2. The fourth-order valence-corrected chi connectivity index (χ4v) is 3.27. The molecule has 0 radical (unpaired) electrons. The SMILES string of the molecule is Cc1cccc2c1CCCCN2C(=O)[C@@H]1CCCN1. The van der Waals surface area contributed by atoms with Crippen molar-refractivity contribution in [3.05, 3.63) is 29.3 Å². The van der Waals surface area contributed by atoms with Crippen molar-refractivity contribution in [1.82, 2.24) is 5.32 Å². The Bertz CT molecular complexity index is 478. The second-order valence-corrected chi connectivity index (χ2v) is 5.67. The summed E-state index contributed by atoms with van der Waals surface area (Å²) in [7, 11) is 0. The second kappa shape index (κ2) is 5.33. The number of benzene rings is 1. The van der Waals surface area contributed by atoms with E-state index in [0.717, 1.165) is 44.5 Å². The van der Waals surface area contributed by atoms with Gasteiger partial charge in [0.2, 0.25) is 5.91 Å². The lowest BCUT2D eigenvalue weighted by molar-refractivity contribution is -0.120. The molecule has 1 atom stereocenters. The van der Waals surface area contributed by atoms with Crippen LogP contribution in [-0.4, -0.2) is 25.0 Å². The molecule has 3 rings (SSSR count). The molecule has 0 aliphatic carbocycles. The number of nitrogens with zero attached hydrogens (tertiary/aromatic N) is 1. The summed E-state index contributed by atoms with van der Waals surface area (Å²) in [5.74, 6) is 0.270. The maximum Gasteiger partial charge on any atom is 0.244 e. The predicted molar refractivity (Wildman–Crippen MR) is 77.5 cm³/mol. The molecule has 2 heterocycles. The summed E-state index contributed by atoms with van der Waals surface area (Å²) in [6.45, 7) is 4.00. The summed E-state index contributed by atoms with van der Waals surface area (Å²) in [5.41, 5.74) is 3.83. The Morgan fingerprint density at radius 3 is 3.00 bits per heavy atom. The quantitative estimate of drug-likeness (QED) is 0.839. The molecule has 2 aliphatic rings. The molecule has 0 aromatic heterocycles. The van der Waals surface area contributed by atoms with Crippen molar-refractivity contribution < 1.29 is 4.79 Å². The highest BCUT2D eigenvalue weighted by molar-refractivity contribution is 5.98. The van der Waals surface area contributed by atoms with E-state index in [1.54, 1.807) is 0 Å². The summed E-state index contributed by atoms with van der Waals surface area (Å²) < 4.78 is 0. The van der Waals surface area contributed by atoms with Crippen molar-refractivity contribution in [3.8, 4) is 0 Å². The topological polar surface area (TPSA) is 32.3 Å². The van der Waals surface area contributed by atoms with Gasteiger partial charge in [-0.2, -0.15) is 0 Å². The van der Waals surface area contributed by atoms with E-state index in [1.807, 2.05) is 4.90 Å². The highest BCUT2D eigenvalue weighted by Gasteiger charge is 2.29. The fraction of sp³-hybridized carbons (Fsp3) is 0.562. The molecule has 1 aromatic rings. The summed E-state index contributed by atoms with van der Waals surface area (Å²) in [6, 6.07) is 6.37. The van der Waals surface area contributed by atoms with Crippen LogP contribution < -0.4 is 10.2 Å². The zero-order valence-electron chi connectivity index (χ0n) is 11.6. The summed E-state index contributed by atoms with van der Waals surface area (Å²) in [5, 5.41) is 3.33. The highest BCUT2D eigenvalue weighted by atomic mass is 16.2. The van der Waals surface area contributed by atoms with Crippen LogP contribution in [0.4, 0.5) is 5.69 Å². The minimum Gasteiger partial charge on any atom is -0.311 e. The van der Waals surface area contributed by atoms with E-state index in [2.05, 4.69) is 30.4 Å². The van der Waals surface area contributed by atoms with E-state index >= 15 is 0 Å². The van der Waals surface area contributed by atoms with Crippen molar-refractivity contribution in [3.63, 3.8) is 0 Å². The van der Waals surface area contributed by atoms with Crippen molar-refractivity contribution in [2.24, 2.45) is 0 Å². The summed E-state index contributed by atoms with van der Waals surface area (Å²) >= 11 is 0. The van der Waals surface area contributed by atoms with E-state index in [0.29, 0.717) is 0 Å². The Labute approximate surface area is 115 Å². The first-order valence-corrected chi connectivity index (χ1v) is 7.40. The van der Waals surface area contributed by atoms with Crippen LogP contribution in [0, 0.1) is 6.92 Å². The van der Waals surface area contributed by atoms with Gasteiger partial charge in [-0.3, -0.25) is 4.79 Å². The first-order valence-electron chi connectivity index (χ1n) is 7.40. The number of aryl methyl sites for hydroxylation is 1. The normalized spacial score (nSPS) is 23.0. The van der Waals surface area contributed by atoms with Gasteiger partial charge in [-0.25, -0.2) is 0 Å². The minimum atomic E-state index is 0.0338. The maximum atomic E-state index is 12.7. The lowest BCUT2D eigenvalue weighted by atomic mass is 10.0. The highest BCUT2D eigenvalue weighted by Crippen LogP contribution is 2.29. The number of carbonyl (C=O) groups is 1. The summed E-state index contributed by atoms with van der Waals surface area (Å²) in [4.78, 5) is 14.7. The zero-order valence-corrected chi connectivity index (χ0v) is 11.6. The van der Waals surface area contributed by atoms with Gasteiger partial charge in [0, 0.05) is 12.2 Å². The predicted octanol–water partition coefficient (Wildman–Crippen LogP) is 2.42. The molecule has 0 saturated carbocycles. The Morgan fingerprint density at radius 1 is 1.32 bits per heavy atom. The van der Waals surface area contributed by atoms with Crippen LogP contribution in [0.25, 0.3) is 0 Å². The first kappa shape index (κ1) is 12.7. The Hall–Kier alpha value is -1.35. The van der Waals surface area contributed by atoms with E-state index in [4.69, 9.17) is 0 Å². The molecule has 0 unspecified atom stereocenters. The molecule has 1 N–H and O–H groups in total. The Kier molecular flexibility index (Phi) is 3.56. The lowest BCUT2D eigenvalue weighted by Crippen LogP contribution is -2.44. The Balaban J connectivity index is 1.93. The maximum absolute atomic E-state index is 12.7. The van der Waals surface area contributed by atoms with Crippen molar-refractivity contribution in [2.45, 2.75) is 45.1 Å². The molecule has 102 valence electrons. The standard InChI is InChI=1S/C16H22N2O/c1-12-6-4-9-15-13(12)7-2-3-11-18(15)16(19)14-8-5-10-17-14/h4,6,9,14,17H,2-3,5,7-8,10-11H2,1H3/t14-/m0/s1. The van der Waals surface area contributed by atoms with Gasteiger partial charge >= 0.3 is 0 Å². The monoisotopic (exact) mass is 258 g/mol. The van der Waals surface area contributed by atoms with Gasteiger partial charge in [0.15, 0.2) is 0 Å². The molecule has 3 nitrogen and oxygen atoms in total. The number of rotatable bonds is 1. The largest absolute Gasteiger partial charge is 0.311 e. The average molecular weight is 258 g/mol. The number of hydrogen-bond donors (Lipinski definition) is 1. The first-order chi connectivity index (χ1) is 9.27. The number of carbonyl (C=O) groups excluding carboxylic acids is 1. The van der Waals surface area contributed by atoms with Gasteiger partial charge in [0.1, 0.15) is 0 Å². The van der Waals surface area contributed by atoms with E-state index < -0.39 is 0 Å². The molecule has 1 fully saturated rings. The minimum absolute atomic E-state index is 0.0338. The van der Waals surface area contributed by atoms with Gasteiger partial charge in [-0.1, -0.05) is 12.1 Å². The molecule has 0 spiro atoms. The molecule has 0 bridgehead atoms. The van der Waals surface area contributed by atoms with E-state index in [-0.39, 0.29) is 11.9 Å². The molecular formula is C16H22N2O. The third-order valence-electron chi connectivity index (χ3n) is 4.36. The lowest BCUT2D eigenvalue weighted by Gasteiger charge is -2.26. The number of anilines is 1. The third kappa shape index (κ3) is 2.39. The van der Waals surface area contributed by atoms with Crippen LogP contribution in [-0.2, 0) is 11.2 Å². The van der Waals surface area contributed by atoms with Crippen LogP contribution in [0.5, 0.6) is 0 Å². The second-order valence-electron chi connectivity index (χ2n) is 5.67. The van der Waals surface area contributed by atoms with Gasteiger partial charge < -0.3 is 10.2 Å². The van der Waals surface area contributed by atoms with Crippen LogP contribution >= 0.6 is 0 Å². The third-order valence-corrected chi connectivity index (χ3v) is 4.36. The van der Waals surface area contributed by atoms with Crippen molar-refractivity contribution in [2.75, 3.05) is 18.0 Å². The molecule has 1 saturated heterocycles. The number of fused-ring (bicyclic) bond motifs is 1. The Morgan fingerprint density at radius 2 is 2.21 bits per heavy atom. The van der Waals surface area contributed by atoms with Crippen LogP contribution in [0.1, 0.15) is 36.8 Å². The van der Waals surface area contributed by atoms with Crippen LogP contribution in [0.2, 0.25) is 0 Å². The smallest absolute Gasteiger partial charge is 0.244 e. The molecule has 2 aliphatic heterocycles. The zero-order chi connectivity index (χ0) is 13.2. The van der Waals surface area contributed by atoms with Crippen molar-refractivity contribution in [1.29, 1.82) is 0 Å². The fourth-order valence-electron chi connectivity index (χ4n) is 3.27. The molecule has 19 heavy (non-hydrogen) atoms. The van der Waals surface area contributed by atoms with Gasteiger partial charge in [-0.15, -0.1) is 0 Å².